The second-order valence-electron chi connectivity index (χ2n) is 9.96. The Morgan fingerprint density at radius 1 is 1.12 bits per heavy atom. The van der Waals surface area contributed by atoms with Crippen molar-refractivity contribution in [3.05, 3.63) is 83.7 Å². The lowest BCUT2D eigenvalue weighted by Crippen LogP contribution is -2.28. The number of methoxy groups -OCH3 is 1. The summed E-state index contributed by atoms with van der Waals surface area (Å²) >= 11 is 0. The molecular formula is C30H27F4N3O4. The number of allylic oxidation sites excluding steroid dienone is 4. The number of hydrogen-bond acceptors (Lipinski definition) is 7. The van der Waals surface area contributed by atoms with E-state index in [1.54, 1.807) is 18.2 Å². The van der Waals surface area contributed by atoms with Crippen molar-refractivity contribution in [2.75, 3.05) is 20.3 Å². The molecule has 2 N–H and O–H groups in total. The van der Waals surface area contributed by atoms with Crippen LogP contribution in [0.25, 0.3) is 22.3 Å². The van der Waals surface area contributed by atoms with Crippen molar-refractivity contribution >= 4 is 16.8 Å². The summed E-state index contributed by atoms with van der Waals surface area (Å²) in [5, 5.41) is 0. The highest BCUT2D eigenvalue weighted by Crippen LogP contribution is 2.63. The van der Waals surface area contributed by atoms with Crippen molar-refractivity contribution in [3.8, 4) is 22.8 Å². The van der Waals surface area contributed by atoms with Crippen LogP contribution in [-0.4, -0.2) is 42.2 Å². The summed E-state index contributed by atoms with van der Waals surface area (Å²) in [7, 11) is 1.50. The van der Waals surface area contributed by atoms with Crippen LogP contribution in [0.1, 0.15) is 24.8 Å². The zero-order valence-electron chi connectivity index (χ0n) is 22.2. The Morgan fingerprint density at radius 2 is 1.88 bits per heavy atom. The first-order chi connectivity index (χ1) is 19.5. The molecule has 0 amide bonds. The Morgan fingerprint density at radius 3 is 2.54 bits per heavy atom. The van der Waals surface area contributed by atoms with E-state index in [-0.39, 0.29) is 48.5 Å². The van der Waals surface area contributed by atoms with E-state index in [0.717, 1.165) is 0 Å². The van der Waals surface area contributed by atoms with Gasteiger partial charge in [0.2, 0.25) is 0 Å². The fourth-order valence-corrected chi connectivity index (χ4v) is 4.70. The van der Waals surface area contributed by atoms with Gasteiger partial charge in [0.1, 0.15) is 35.1 Å². The molecule has 0 radical (unpaired) electrons. The molecule has 11 heteroatoms. The Hall–Kier alpha value is -4.25. The summed E-state index contributed by atoms with van der Waals surface area (Å²) in [4.78, 5) is 21.8. The number of aromatic nitrogens is 2. The highest BCUT2D eigenvalue weighted by atomic mass is 19.4. The molecule has 1 aliphatic heterocycles. The Kier molecular flexibility index (Phi) is 7.56. The van der Waals surface area contributed by atoms with Gasteiger partial charge in [-0.15, -0.1) is 0 Å². The molecule has 2 aromatic carbocycles. The molecule has 0 spiro atoms. The van der Waals surface area contributed by atoms with Crippen LogP contribution in [0.4, 0.5) is 17.6 Å². The minimum absolute atomic E-state index is 0.0322. The van der Waals surface area contributed by atoms with Crippen molar-refractivity contribution in [2.45, 2.75) is 31.9 Å². The third-order valence-electron chi connectivity index (χ3n) is 7.01. The highest BCUT2D eigenvalue weighted by Gasteiger charge is 2.67. The van der Waals surface area contributed by atoms with Crippen LogP contribution in [0.15, 0.2) is 72.4 Å². The van der Waals surface area contributed by atoms with Crippen LogP contribution >= 0.6 is 0 Å². The molecule has 1 saturated carbocycles. The van der Waals surface area contributed by atoms with Crippen LogP contribution in [-0.2, 0) is 16.0 Å². The molecule has 5 rings (SSSR count). The minimum atomic E-state index is -4.46. The number of ether oxygens (including phenoxy) is 3. The van der Waals surface area contributed by atoms with Crippen molar-refractivity contribution < 1.29 is 36.6 Å². The first-order valence-electron chi connectivity index (χ1n) is 12.9. The standard InChI is InChI=1S/C30H27F4N3O4/c1-17-9-18(11-28(41-17)29(5-6-29)30(32,33)34)10-21(38)12-19-3-4-20(13-22(19)31)25-16-36-23-14-27(40-8-7-35)26(39-2)15-24(23)37-25/h3-4,9,11,13-16H,1,5-8,10,12,35H2,2H3. The van der Waals surface area contributed by atoms with E-state index >= 15 is 4.39 Å². The Labute approximate surface area is 233 Å². The number of hydrogen-bond donors (Lipinski definition) is 1. The number of alkyl halides is 3. The molecule has 0 unspecified atom stereocenters. The Balaban J connectivity index is 1.31. The number of carbonyl (C=O) groups is 1. The van der Waals surface area contributed by atoms with Crippen molar-refractivity contribution in [3.63, 3.8) is 0 Å². The van der Waals surface area contributed by atoms with Gasteiger partial charge in [0.15, 0.2) is 11.5 Å². The van der Waals surface area contributed by atoms with E-state index in [9.17, 15) is 18.0 Å². The fourth-order valence-electron chi connectivity index (χ4n) is 4.70. The molecular weight excluding hydrogens is 542 g/mol. The zero-order chi connectivity index (χ0) is 29.4. The number of nitrogens with zero attached hydrogens (tertiary/aromatic N) is 2. The number of nitrogens with two attached hydrogens (primary N) is 1. The van der Waals surface area contributed by atoms with Crippen LogP contribution in [0, 0.1) is 11.2 Å². The first kappa shape index (κ1) is 28.3. The molecule has 3 aromatic rings. The van der Waals surface area contributed by atoms with Crippen molar-refractivity contribution in [1.29, 1.82) is 0 Å². The lowest BCUT2D eigenvalue weighted by atomic mass is 9.95. The van der Waals surface area contributed by atoms with Gasteiger partial charge in [-0.05, 0) is 42.2 Å². The number of ketones is 1. The van der Waals surface area contributed by atoms with Gasteiger partial charge < -0.3 is 19.9 Å². The monoisotopic (exact) mass is 569 g/mol. The summed E-state index contributed by atoms with van der Waals surface area (Å²) in [5.41, 5.74) is 5.89. The van der Waals surface area contributed by atoms with E-state index in [0.29, 0.717) is 52.5 Å². The van der Waals surface area contributed by atoms with E-state index in [1.807, 2.05) is 0 Å². The molecule has 1 aromatic heterocycles. The van der Waals surface area contributed by atoms with Crippen LogP contribution in [0.5, 0.6) is 11.5 Å². The fraction of sp³-hybridized carbons (Fsp3) is 0.300. The summed E-state index contributed by atoms with van der Waals surface area (Å²) in [6, 6.07) is 7.73. The SMILES string of the molecule is C=C1C=C(CC(=O)Cc2ccc(-c3cnc4cc(OCCN)c(OC)cc4n3)cc2F)C=C(C2(C(F)(F)F)CC2)O1. The predicted octanol–water partition coefficient (Wildman–Crippen LogP) is 5.98. The minimum Gasteiger partial charge on any atom is -0.493 e. The average Bonchev–Trinajstić information content (AvgIpc) is 3.74. The quantitative estimate of drug-likeness (QED) is 0.300. The maximum atomic E-state index is 15.1. The van der Waals surface area contributed by atoms with E-state index in [1.165, 1.54) is 37.6 Å². The van der Waals surface area contributed by atoms with Gasteiger partial charge in [0.25, 0.3) is 0 Å². The lowest BCUT2D eigenvalue weighted by molar-refractivity contribution is -0.183. The normalized spacial score (nSPS) is 16.1. The number of carbonyl (C=O) groups excluding carboxylic acids is 1. The van der Waals surface area contributed by atoms with Crippen LogP contribution in [0.2, 0.25) is 0 Å². The number of halogens is 4. The van der Waals surface area contributed by atoms with Gasteiger partial charge in [-0.25, -0.2) is 9.37 Å². The summed E-state index contributed by atoms with van der Waals surface area (Å²) < 4.78 is 72.0. The molecule has 7 nitrogen and oxygen atoms in total. The zero-order valence-corrected chi connectivity index (χ0v) is 22.2. The number of benzene rings is 2. The van der Waals surface area contributed by atoms with Gasteiger partial charge in [-0.1, -0.05) is 18.7 Å². The maximum Gasteiger partial charge on any atom is 0.401 e. The number of rotatable bonds is 10. The molecule has 2 heterocycles. The van der Waals surface area contributed by atoms with Gasteiger partial charge >= 0.3 is 6.18 Å². The number of Topliss-reactive ketones (excluding diaryl/α,β-unsaturated/α-hetero) is 1. The molecule has 0 atom stereocenters. The second kappa shape index (κ2) is 11.0. The first-order valence-corrected chi connectivity index (χ1v) is 12.9. The molecule has 41 heavy (non-hydrogen) atoms. The maximum absolute atomic E-state index is 15.1. The van der Waals surface area contributed by atoms with E-state index < -0.39 is 17.4 Å². The molecule has 2 aliphatic rings. The van der Waals surface area contributed by atoms with E-state index in [4.69, 9.17) is 19.9 Å². The molecule has 214 valence electrons. The lowest BCUT2D eigenvalue weighted by Gasteiger charge is -2.25. The Bertz CT molecular complexity index is 1590. The van der Waals surface area contributed by atoms with Crippen molar-refractivity contribution in [2.24, 2.45) is 11.1 Å². The van der Waals surface area contributed by atoms with Crippen LogP contribution < -0.4 is 15.2 Å². The average molecular weight is 570 g/mol. The number of fused-ring (bicyclic) bond motifs is 1. The van der Waals surface area contributed by atoms with Gasteiger partial charge in [-0.3, -0.25) is 9.78 Å². The molecule has 1 aliphatic carbocycles. The predicted molar refractivity (Wildman–Crippen MR) is 143 cm³/mol. The van der Waals surface area contributed by atoms with E-state index in [2.05, 4.69) is 16.5 Å². The van der Waals surface area contributed by atoms with Gasteiger partial charge in [0, 0.05) is 37.1 Å². The summed E-state index contributed by atoms with van der Waals surface area (Å²) in [6.45, 7) is 4.26. The highest BCUT2D eigenvalue weighted by molar-refractivity contribution is 5.84. The summed E-state index contributed by atoms with van der Waals surface area (Å²) in [5.74, 6) is -0.262. The third kappa shape index (κ3) is 5.81. The molecule has 0 saturated heterocycles. The van der Waals surface area contributed by atoms with Gasteiger partial charge in [0.05, 0.1) is 30.0 Å². The molecule has 0 bridgehead atoms. The topological polar surface area (TPSA) is 96.6 Å². The largest absolute Gasteiger partial charge is 0.493 e. The summed E-state index contributed by atoms with van der Waals surface area (Å²) in [6.07, 6.45) is -0.849. The smallest absolute Gasteiger partial charge is 0.401 e. The third-order valence-corrected chi connectivity index (χ3v) is 7.01. The molecule has 1 fully saturated rings. The second-order valence-corrected chi connectivity index (χ2v) is 9.96. The van der Waals surface area contributed by atoms with Crippen LogP contribution in [0.3, 0.4) is 0 Å². The van der Waals surface area contributed by atoms with Gasteiger partial charge in [-0.2, -0.15) is 13.2 Å². The van der Waals surface area contributed by atoms with Crippen molar-refractivity contribution in [1.82, 2.24) is 9.97 Å².